The van der Waals surface area contributed by atoms with Gasteiger partial charge < -0.3 is 4.74 Å². The van der Waals surface area contributed by atoms with E-state index in [1.54, 1.807) is 24.3 Å². The van der Waals surface area contributed by atoms with E-state index in [2.05, 4.69) is 0 Å². The Morgan fingerprint density at radius 2 is 2.00 bits per heavy atom. The van der Waals surface area contributed by atoms with E-state index < -0.39 is 0 Å². The highest BCUT2D eigenvalue weighted by Gasteiger charge is 2.29. The van der Waals surface area contributed by atoms with Gasteiger partial charge in [0.15, 0.2) is 0 Å². The van der Waals surface area contributed by atoms with E-state index in [-0.39, 0.29) is 29.4 Å². The minimum absolute atomic E-state index is 0.172. The minimum Gasteiger partial charge on any atom is -0.427 e. The Morgan fingerprint density at radius 3 is 2.50 bits per heavy atom. The van der Waals surface area contributed by atoms with E-state index in [0.29, 0.717) is 5.75 Å². The number of imide groups is 1. The number of carbonyl (C=O) groups is 3. The number of hydrogen-bond acceptors (Lipinski definition) is 5. The quantitative estimate of drug-likeness (QED) is 0.616. The van der Waals surface area contributed by atoms with Crippen LogP contribution in [-0.2, 0) is 16.1 Å². The van der Waals surface area contributed by atoms with Gasteiger partial charge >= 0.3 is 5.97 Å². The Kier molecular flexibility index (Phi) is 3.66. The average molecular weight is 265 g/mol. The summed E-state index contributed by atoms with van der Waals surface area (Å²) in [6, 6.07) is 6.72. The lowest BCUT2D eigenvalue weighted by Crippen LogP contribution is -2.27. The number of amides is 2. The first-order chi connectivity index (χ1) is 8.56. The molecule has 1 aromatic carbocycles. The summed E-state index contributed by atoms with van der Waals surface area (Å²) in [6.07, 6.45) is 0. The lowest BCUT2D eigenvalue weighted by molar-refractivity contribution is -0.132. The molecule has 18 heavy (non-hydrogen) atoms. The summed E-state index contributed by atoms with van der Waals surface area (Å²) < 4.78 is 4.89. The van der Waals surface area contributed by atoms with Crippen molar-refractivity contribution >= 4 is 28.9 Å². The third-order valence-electron chi connectivity index (χ3n) is 2.37. The molecule has 0 aliphatic carbocycles. The normalized spacial score (nSPS) is 15.1. The number of hydrogen-bond donors (Lipinski definition) is 0. The molecule has 0 bridgehead atoms. The largest absolute Gasteiger partial charge is 0.427 e. The zero-order valence-corrected chi connectivity index (χ0v) is 10.5. The van der Waals surface area contributed by atoms with Gasteiger partial charge in [0.2, 0.25) is 5.91 Å². The van der Waals surface area contributed by atoms with E-state index >= 15 is 0 Å². The van der Waals surface area contributed by atoms with Gasteiger partial charge in [-0.15, -0.1) is 0 Å². The fourth-order valence-corrected chi connectivity index (χ4v) is 2.27. The van der Waals surface area contributed by atoms with E-state index in [0.717, 1.165) is 17.3 Å². The zero-order valence-electron chi connectivity index (χ0n) is 9.71. The lowest BCUT2D eigenvalue weighted by atomic mass is 10.2. The van der Waals surface area contributed by atoms with Crippen LogP contribution < -0.4 is 4.74 Å². The highest BCUT2D eigenvalue weighted by Crippen LogP contribution is 2.22. The van der Waals surface area contributed by atoms with Crippen LogP contribution in [0.4, 0.5) is 4.79 Å². The predicted molar refractivity (Wildman–Crippen MR) is 66.2 cm³/mol. The molecule has 0 aromatic heterocycles. The molecular weight excluding hydrogens is 254 g/mol. The van der Waals surface area contributed by atoms with Gasteiger partial charge in [-0.05, 0) is 17.7 Å². The Balaban J connectivity index is 2.04. The standard InChI is InChI=1S/C12H11NO4S/c1-8(14)17-10-4-2-9(3-5-10)6-13-11(15)7-18-12(13)16/h2-5H,6-7H2,1H3. The second kappa shape index (κ2) is 5.22. The van der Waals surface area contributed by atoms with Crippen LogP contribution in [0.15, 0.2) is 24.3 Å². The second-order valence-corrected chi connectivity index (χ2v) is 4.70. The molecule has 6 heteroatoms. The van der Waals surface area contributed by atoms with E-state index in [1.807, 2.05) is 0 Å². The zero-order chi connectivity index (χ0) is 13.1. The number of nitrogens with zero attached hydrogens (tertiary/aromatic N) is 1. The van der Waals surface area contributed by atoms with E-state index in [4.69, 9.17) is 4.74 Å². The maximum atomic E-state index is 11.4. The third kappa shape index (κ3) is 2.89. The summed E-state index contributed by atoms with van der Waals surface area (Å²) in [5, 5.41) is -0.218. The van der Waals surface area contributed by atoms with Crippen molar-refractivity contribution in [2.24, 2.45) is 0 Å². The van der Waals surface area contributed by atoms with Crippen LogP contribution in [0, 0.1) is 0 Å². The van der Waals surface area contributed by atoms with E-state index in [1.165, 1.54) is 11.8 Å². The maximum Gasteiger partial charge on any atom is 0.308 e. The molecule has 1 saturated heterocycles. The van der Waals surface area contributed by atoms with Crippen molar-refractivity contribution in [2.45, 2.75) is 13.5 Å². The number of carbonyl (C=O) groups excluding carboxylic acids is 3. The second-order valence-electron chi connectivity index (χ2n) is 3.77. The van der Waals surface area contributed by atoms with Crippen molar-refractivity contribution in [3.8, 4) is 5.75 Å². The molecule has 0 N–H and O–H groups in total. The molecule has 0 spiro atoms. The molecule has 1 aliphatic heterocycles. The van der Waals surface area contributed by atoms with Crippen LogP contribution in [0.5, 0.6) is 5.75 Å². The molecule has 1 aromatic rings. The summed E-state index contributed by atoms with van der Waals surface area (Å²) in [7, 11) is 0. The van der Waals surface area contributed by atoms with Crippen LogP contribution in [0.25, 0.3) is 0 Å². The van der Waals surface area contributed by atoms with Gasteiger partial charge in [0, 0.05) is 6.92 Å². The summed E-state index contributed by atoms with van der Waals surface area (Å²) in [5.41, 5.74) is 0.815. The Labute approximate surface area is 108 Å². The van der Waals surface area contributed by atoms with Crippen molar-refractivity contribution in [3.63, 3.8) is 0 Å². The topological polar surface area (TPSA) is 63.7 Å². The highest BCUT2D eigenvalue weighted by atomic mass is 32.2. The molecule has 0 saturated carbocycles. The molecule has 1 aliphatic rings. The highest BCUT2D eigenvalue weighted by molar-refractivity contribution is 8.14. The Hall–Kier alpha value is -1.82. The molecule has 1 heterocycles. The Bertz CT molecular complexity index is 481. The van der Waals surface area contributed by atoms with Crippen LogP contribution in [0.2, 0.25) is 0 Å². The van der Waals surface area contributed by atoms with Gasteiger partial charge in [-0.3, -0.25) is 19.3 Å². The fraction of sp³-hybridized carbons (Fsp3) is 0.250. The van der Waals surface area contributed by atoms with Gasteiger partial charge in [0.25, 0.3) is 5.24 Å². The number of rotatable bonds is 3. The number of ether oxygens (including phenoxy) is 1. The SMILES string of the molecule is CC(=O)Oc1ccc(CN2C(=O)CSC2=O)cc1. The molecule has 0 atom stereocenters. The molecule has 2 amide bonds. The first kappa shape index (κ1) is 12.6. The molecule has 94 valence electrons. The van der Waals surface area contributed by atoms with Crippen LogP contribution >= 0.6 is 11.8 Å². The van der Waals surface area contributed by atoms with E-state index in [9.17, 15) is 14.4 Å². The van der Waals surface area contributed by atoms with Gasteiger partial charge in [0.1, 0.15) is 5.75 Å². The van der Waals surface area contributed by atoms with Crippen LogP contribution in [0.3, 0.4) is 0 Å². The van der Waals surface area contributed by atoms with Crippen LogP contribution in [0.1, 0.15) is 12.5 Å². The summed E-state index contributed by atoms with van der Waals surface area (Å²) in [4.78, 5) is 34.8. The number of thioether (sulfide) groups is 1. The summed E-state index contributed by atoms with van der Waals surface area (Å²) >= 11 is 1.01. The first-order valence-electron chi connectivity index (χ1n) is 5.31. The van der Waals surface area contributed by atoms with Crippen molar-refractivity contribution < 1.29 is 19.1 Å². The van der Waals surface area contributed by atoms with Crippen molar-refractivity contribution in [2.75, 3.05) is 5.75 Å². The Morgan fingerprint density at radius 1 is 1.33 bits per heavy atom. The monoisotopic (exact) mass is 265 g/mol. The fourth-order valence-electron chi connectivity index (χ4n) is 1.55. The molecule has 2 rings (SSSR count). The molecule has 0 unspecified atom stereocenters. The van der Waals surface area contributed by atoms with Gasteiger partial charge in [0.05, 0.1) is 12.3 Å². The molecule has 5 nitrogen and oxygen atoms in total. The molecule has 0 radical (unpaired) electrons. The molecule has 1 fully saturated rings. The third-order valence-corrected chi connectivity index (χ3v) is 3.22. The first-order valence-corrected chi connectivity index (χ1v) is 6.29. The van der Waals surface area contributed by atoms with Crippen molar-refractivity contribution in [1.82, 2.24) is 4.90 Å². The van der Waals surface area contributed by atoms with Gasteiger partial charge in [-0.1, -0.05) is 23.9 Å². The molecular formula is C12H11NO4S. The van der Waals surface area contributed by atoms with Gasteiger partial charge in [-0.25, -0.2) is 0 Å². The number of benzene rings is 1. The average Bonchev–Trinajstić information content (AvgIpc) is 2.63. The minimum atomic E-state index is -0.385. The maximum absolute atomic E-state index is 11.4. The van der Waals surface area contributed by atoms with Crippen LogP contribution in [-0.4, -0.2) is 27.8 Å². The summed E-state index contributed by atoms with van der Waals surface area (Å²) in [6.45, 7) is 1.58. The number of esters is 1. The van der Waals surface area contributed by atoms with Crippen molar-refractivity contribution in [3.05, 3.63) is 29.8 Å². The van der Waals surface area contributed by atoms with Crippen molar-refractivity contribution in [1.29, 1.82) is 0 Å². The summed E-state index contributed by atoms with van der Waals surface area (Å²) in [5.74, 6) is 0.0995. The smallest absolute Gasteiger partial charge is 0.308 e. The van der Waals surface area contributed by atoms with Gasteiger partial charge in [-0.2, -0.15) is 0 Å². The predicted octanol–water partition coefficient (Wildman–Crippen LogP) is 1.81. The lowest BCUT2D eigenvalue weighted by Gasteiger charge is -2.12.